The number of halogens is 1. The van der Waals surface area contributed by atoms with Gasteiger partial charge in [-0.25, -0.2) is 9.78 Å². The molecular formula is C14H19ClN2O3. The van der Waals surface area contributed by atoms with Gasteiger partial charge in [0.05, 0.1) is 17.7 Å². The highest BCUT2D eigenvalue weighted by molar-refractivity contribution is 6.29. The lowest BCUT2D eigenvalue weighted by Gasteiger charge is -2.39. The first-order chi connectivity index (χ1) is 9.44. The number of anilines is 1. The average Bonchev–Trinajstić information content (AvgIpc) is 2.38. The van der Waals surface area contributed by atoms with Crippen molar-refractivity contribution in [2.24, 2.45) is 5.92 Å². The van der Waals surface area contributed by atoms with Crippen molar-refractivity contribution in [1.29, 1.82) is 0 Å². The first-order valence-electron chi connectivity index (χ1n) is 6.74. The number of rotatable bonds is 4. The minimum absolute atomic E-state index is 0.00601. The standard InChI is InChI=1S/C14H19ClN2O3/c1-9-3-2-4-14(7-9,8-18)17-12-6-10(13(19)20)5-11(15)16-12/h5-6,9,18H,2-4,7-8H2,1H3,(H,16,17)(H,19,20). The Bertz CT molecular complexity index is 509. The summed E-state index contributed by atoms with van der Waals surface area (Å²) >= 11 is 5.85. The van der Waals surface area contributed by atoms with E-state index in [4.69, 9.17) is 16.7 Å². The van der Waals surface area contributed by atoms with E-state index in [0.29, 0.717) is 11.7 Å². The predicted octanol–water partition coefficient (Wildman–Crippen LogP) is 2.79. The molecule has 0 aliphatic heterocycles. The zero-order chi connectivity index (χ0) is 14.8. The molecule has 1 fully saturated rings. The van der Waals surface area contributed by atoms with E-state index in [1.54, 1.807) is 0 Å². The Kier molecular flexibility index (Phi) is 4.50. The molecule has 3 N–H and O–H groups in total. The van der Waals surface area contributed by atoms with Crippen LogP contribution >= 0.6 is 11.6 Å². The van der Waals surface area contributed by atoms with E-state index >= 15 is 0 Å². The van der Waals surface area contributed by atoms with Crippen molar-refractivity contribution in [3.05, 3.63) is 22.8 Å². The van der Waals surface area contributed by atoms with Gasteiger partial charge in [-0.2, -0.15) is 0 Å². The normalized spacial score (nSPS) is 26.2. The third-order valence-electron chi connectivity index (χ3n) is 3.83. The number of nitrogens with zero attached hydrogens (tertiary/aromatic N) is 1. The van der Waals surface area contributed by atoms with Crippen LogP contribution in [0.2, 0.25) is 5.15 Å². The Hall–Kier alpha value is -1.33. The molecule has 1 aromatic heterocycles. The van der Waals surface area contributed by atoms with Crippen molar-refractivity contribution in [2.75, 3.05) is 11.9 Å². The van der Waals surface area contributed by atoms with E-state index in [2.05, 4.69) is 17.2 Å². The monoisotopic (exact) mass is 298 g/mol. The molecule has 6 heteroatoms. The van der Waals surface area contributed by atoms with Crippen LogP contribution < -0.4 is 5.32 Å². The Morgan fingerprint density at radius 1 is 1.60 bits per heavy atom. The Balaban J connectivity index is 2.25. The fourth-order valence-corrected chi connectivity index (χ4v) is 3.12. The summed E-state index contributed by atoms with van der Waals surface area (Å²) in [5.41, 5.74) is -0.352. The number of hydrogen-bond acceptors (Lipinski definition) is 4. The predicted molar refractivity (Wildman–Crippen MR) is 77.3 cm³/mol. The molecule has 1 aliphatic rings. The van der Waals surface area contributed by atoms with Crippen LogP contribution in [0.25, 0.3) is 0 Å². The Morgan fingerprint density at radius 3 is 2.95 bits per heavy atom. The highest BCUT2D eigenvalue weighted by atomic mass is 35.5. The van der Waals surface area contributed by atoms with E-state index in [1.165, 1.54) is 12.1 Å². The molecule has 1 aromatic rings. The Morgan fingerprint density at radius 2 is 2.35 bits per heavy atom. The van der Waals surface area contributed by atoms with Gasteiger partial charge in [-0.05, 0) is 30.9 Å². The molecule has 2 rings (SSSR count). The van der Waals surface area contributed by atoms with Gasteiger partial charge in [-0.3, -0.25) is 0 Å². The minimum Gasteiger partial charge on any atom is -0.478 e. The second-order valence-corrected chi connectivity index (χ2v) is 6.02. The van der Waals surface area contributed by atoms with Gasteiger partial charge in [0, 0.05) is 0 Å². The first kappa shape index (κ1) is 15.1. The molecule has 5 nitrogen and oxygen atoms in total. The smallest absolute Gasteiger partial charge is 0.335 e. The van der Waals surface area contributed by atoms with Gasteiger partial charge in [-0.15, -0.1) is 0 Å². The van der Waals surface area contributed by atoms with Gasteiger partial charge < -0.3 is 15.5 Å². The number of carboxylic acid groups (broad SMARTS) is 1. The third-order valence-corrected chi connectivity index (χ3v) is 4.02. The fraction of sp³-hybridized carbons (Fsp3) is 0.571. The lowest BCUT2D eigenvalue weighted by Crippen LogP contribution is -2.46. The van der Waals surface area contributed by atoms with Crippen molar-refractivity contribution in [1.82, 2.24) is 4.98 Å². The molecule has 0 saturated heterocycles. The van der Waals surface area contributed by atoms with Crippen LogP contribution in [0.15, 0.2) is 12.1 Å². The highest BCUT2D eigenvalue weighted by Gasteiger charge is 2.34. The number of aliphatic hydroxyl groups is 1. The summed E-state index contributed by atoms with van der Waals surface area (Å²) in [7, 11) is 0. The van der Waals surface area contributed by atoms with Gasteiger partial charge >= 0.3 is 5.97 Å². The van der Waals surface area contributed by atoms with E-state index in [0.717, 1.165) is 25.7 Å². The van der Waals surface area contributed by atoms with Crippen molar-refractivity contribution in [3.63, 3.8) is 0 Å². The molecule has 0 radical (unpaired) electrons. The van der Waals surface area contributed by atoms with Crippen molar-refractivity contribution in [2.45, 2.75) is 38.1 Å². The summed E-state index contributed by atoms with van der Waals surface area (Å²) in [6.07, 6.45) is 3.85. The highest BCUT2D eigenvalue weighted by Crippen LogP contribution is 2.34. The quantitative estimate of drug-likeness (QED) is 0.745. The van der Waals surface area contributed by atoms with Crippen molar-refractivity contribution in [3.8, 4) is 0 Å². The maximum absolute atomic E-state index is 11.0. The second kappa shape index (κ2) is 5.97. The molecule has 2 atom stereocenters. The van der Waals surface area contributed by atoms with Crippen LogP contribution in [0.1, 0.15) is 43.0 Å². The van der Waals surface area contributed by atoms with Crippen LogP contribution in [0, 0.1) is 5.92 Å². The van der Waals surface area contributed by atoms with E-state index < -0.39 is 11.5 Å². The zero-order valence-corrected chi connectivity index (χ0v) is 12.2. The van der Waals surface area contributed by atoms with Crippen LogP contribution in [-0.2, 0) is 0 Å². The SMILES string of the molecule is CC1CCCC(CO)(Nc2cc(C(=O)O)cc(Cl)n2)C1. The number of carbonyl (C=O) groups is 1. The van der Waals surface area contributed by atoms with Crippen LogP contribution in [0.5, 0.6) is 0 Å². The van der Waals surface area contributed by atoms with Gasteiger partial charge in [0.15, 0.2) is 0 Å². The Labute approximate surface area is 123 Å². The molecule has 1 aliphatic carbocycles. The summed E-state index contributed by atoms with van der Waals surface area (Å²) in [5, 5.41) is 22.1. The number of pyridine rings is 1. The van der Waals surface area contributed by atoms with Crippen LogP contribution in [0.3, 0.4) is 0 Å². The number of aromatic carboxylic acids is 1. The maximum Gasteiger partial charge on any atom is 0.335 e. The fourth-order valence-electron chi connectivity index (χ4n) is 2.91. The summed E-state index contributed by atoms with van der Waals surface area (Å²) in [6, 6.07) is 2.76. The van der Waals surface area contributed by atoms with Crippen molar-refractivity contribution >= 4 is 23.4 Å². The third kappa shape index (κ3) is 3.41. The first-order valence-corrected chi connectivity index (χ1v) is 7.12. The summed E-state index contributed by atoms with van der Waals surface area (Å²) in [6.45, 7) is 2.15. The second-order valence-electron chi connectivity index (χ2n) is 5.63. The summed E-state index contributed by atoms with van der Waals surface area (Å²) in [4.78, 5) is 15.1. The van der Waals surface area contributed by atoms with Gasteiger partial charge in [0.1, 0.15) is 11.0 Å². The lowest BCUT2D eigenvalue weighted by atomic mass is 9.77. The van der Waals surface area contributed by atoms with E-state index in [1.807, 2.05) is 0 Å². The number of hydrogen-bond donors (Lipinski definition) is 3. The maximum atomic E-state index is 11.0. The minimum atomic E-state index is -1.05. The average molecular weight is 299 g/mol. The van der Waals surface area contributed by atoms with Gasteiger partial charge in [0.25, 0.3) is 0 Å². The molecule has 20 heavy (non-hydrogen) atoms. The molecule has 0 aromatic carbocycles. The molecule has 1 heterocycles. The van der Waals surface area contributed by atoms with E-state index in [9.17, 15) is 9.90 Å². The topological polar surface area (TPSA) is 82.5 Å². The molecule has 0 spiro atoms. The van der Waals surface area contributed by atoms with Crippen LogP contribution in [0.4, 0.5) is 5.82 Å². The van der Waals surface area contributed by atoms with Gasteiger partial charge in [0.2, 0.25) is 0 Å². The molecule has 0 amide bonds. The molecular weight excluding hydrogens is 280 g/mol. The van der Waals surface area contributed by atoms with E-state index in [-0.39, 0.29) is 17.3 Å². The molecule has 0 bridgehead atoms. The van der Waals surface area contributed by atoms with Crippen molar-refractivity contribution < 1.29 is 15.0 Å². The number of nitrogens with one attached hydrogen (secondary N) is 1. The number of carboxylic acids is 1. The number of aliphatic hydroxyl groups excluding tert-OH is 1. The zero-order valence-electron chi connectivity index (χ0n) is 11.4. The largest absolute Gasteiger partial charge is 0.478 e. The van der Waals surface area contributed by atoms with Crippen LogP contribution in [-0.4, -0.2) is 33.3 Å². The summed E-state index contributed by atoms with van der Waals surface area (Å²) < 4.78 is 0. The molecule has 110 valence electrons. The molecule has 2 unspecified atom stereocenters. The van der Waals surface area contributed by atoms with Gasteiger partial charge in [-0.1, -0.05) is 31.4 Å². The number of aromatic nitrogens is 1. The molecule has 1 saturated carbocycles. The lowest BCUT2D eigenvalue weighted by molar-refractivity contribution is 0.0696. The summed E-state index contributed by atoms with van der Waals surface area (Å²) in [5.74, 6) is -0.132.